The van der Waals surface area contributed by atoms with Crippen LogP contribution in [0.3, 0.4) is 0 Å². The first-order valence-electron chi connectivity index (χ1n) is 7.49. The molecule has 0 aliphatic heterocycles. The van der Waals surface area contributed by atoms with Gasteiger partial charge in [-0.3, -0.25) is 0 Å². The van der Waals surface area contributed by atoms with E-state index in [0.29, 0.717) is 25.3 Å². The Morgan fingerprint density at radius 2 is 1.82 bits per heavy atom. The minimum atomic E-state index is -0.443. The molecule has 6 nitrogen and oxygen atoms in total. The highest BCUT2D eigenvalue weighted by atomic mass is 16.6. The molecule has 0 bridgehead atoms. The van der Waals surface area contributed by atoms with Crippen LogP contribution in [0.5, 0.6) is 0 Å². The van der Waals surface area contributed by atoms with E-state index in [1.54, 1.807) is 6.92 Å². The van der Waals surface area contributed by atoms with E-state index in [9.17, 15) is 9.59 Å². The predicted octanol–water partition coefficient (Wildman–Crippen LogP) is 2.59. The van der Waals surface area contributed by atoms with Gasteiger partial charge in [0.25, 0.3) is 0 Å². The lowest BCUT2D eigenvalue weighted by molar-refractivity contribution is -0.140. The molecule has 22 heavy (non-hydrogen) atoms. The first-order valence-corrected chi connectivity index (χ1v) is 7.49. The fourth-order valence-corrected chi connectivity index (χ4v) is 1.43. The topological polar surface area (TPSA) is 73.9 Å². The van der Waals surface area contributed by atoms with Crippen LogP contribution >= 0.6 is 0 Å². The van der Waals surface area contributed by atoms with Gasteiger partial charge < -0.3 is 19.5 Å². The van der Waals surface area contributed by atoms with E-state index in [1.807, 2.05) is 6.08 Å². The van der Waals surface area contributed by atoms with Crippen LogP contribution < -0.4 is 5.32 Å². The summed E-state index contributed by atoms with van der Waals surface area (Å²) in [5, 5.41) is 2.58. The van der Waals surface area contributed by atoms with Crippen molar-refractivity contribution in [3.63, 3.8) is 0 Å². The summed E-state index contributed by atoms with van der Waals surface area (Å²) in [6.07, 6.45) is 5.37. The molecule has 0 aliphatic rings. The number of amides is 1. The molecule has 0 saturated carbocycles. The number of unbranched alkanes of at least 4 members (excludes halogenated alkanes) is 3. The number of esters is 1. The second-order valence-corrected chi connectivity index (χ2v) is 4.73. The smallest absolute Gasteiger partial charge is 0.407 e. The van der Waals surface area contributed by atoms with Gasteiger partial charge in [0.2, 0.25) is 0 Å². The van der Waals surface area contributed by atoms with Crippen molar-refractivity contribution < 1.29 is 23.8 Å². The van der Waals surface area contributed by atoms with Crippen LogP contribution in [-0.4, -0.2) is 45.0 Å². The number of carbonyl (C=O) groups excluding carboxylic acids is 2. The predicted molar refractivity (Wildman–Crippen MR) is 84.6 cm³/mol. The number of carbonyl (C=O) groups is 2. The van der Waals surface area contributed by atoms with Crippen molar-refractivity contribution in [3.8, 4) is 0 Å². The quantitative estimate of drug-likeness (QED) is 0.245. The van der Waals surface area contributed by atoms with Crippen molar-refractivity contribution in [2.45, 2.75) is 32.6 Å². The van der Waals surface area contributed by atoms with E-state index in [-0.39, 0.29) is 13.2 Å². The lowest BCUT2D eigenvalue weighted by Gasteiger charge is -2.08. The normalized spacial score (nSPS) is 9.86. The van der Waals surface area contributed by atoms with Gasteiger partial charge in [-0.25, -0.2) is 9.59 Å². The molecule has 1 amide bonds. The fraction of sp³-hybridized carbons (Fsp3) is 0.625. The van der Waals surface area contributed by atoms with Crippen LogP contribution in [0.2, 0.25) is 0 Å². The minimum Gasteiger partial charge on any atom is -0.460 e. The second kappa shape index (κ2) is 14.1. The van der Waals surface area contributed by atoms with Gasteiger partial charge in [-0.15, -0.1) is 6.58 Å². The van der Waals surface area contributed by atoms with E-state index in [1.165, 1.54) is 0 Å². The summed E-state index contributed by atoms with van der Waals surface area (Å²) in [6, 6.07) is 0. The summed E-state index contributed by atoms with van der Waals surface area (Å²) in [6.45, 7) is 10.2. The zero-order valence-corrected chi connectivity index (χ0v) is 13.4. The first-order chi connectivity index (χ1) is 10.6. The molecule has 6 heteroatoms. The zero-order chi connectivity index (χ0) is 16.6. The highest BCUT2D eigenvalue weighted by Crippen LogP contribution is 2.00. The lowest BCUT2D eigenvalue weighted by Crippen LogP contribution is -2.28. The minimum absolute atomic E-state index is 0.168. The largest absolute Gasteiger partial charge is 0.460 e. The number of allylic oxidation sites excluding steroid dienone is 1. The monoisotopic (exact) mass is 313 g/mol. The fourth-order valence-electron chi connectivity index (χ4n) is 1.43. The molecular formula is C16H27NO5. The Morgan fingerprint density at radius 1 is 1.05 bits per heavy atom. The van der Waals surface area contributed by atoms with Crippen LogP contribution in [-0.2, 0) is 19.0 Å². The Kier molecular flexibility index (Phi) is 13.0. The number of alkyl carbamates (subject to hydrolysis) is 1. The third kappa shape index (κ3) is 13.2. The standard InChI is InChI=1S/C16H27NO5/c1-4-5-6-7-8-10-22-16(19)17-9-11-20-12-13-21-15(18)14(2)3/h4H,1-2,5-13H2,3H3,(H,17,19). The Morgan fingerprint density at radius 3 is 2.50 bits per heavy atom. The Labute approximate surface area is 132 Å². The summed E-state index contributed by atoms with van der Waals surface area (Å²) >= 11 is 0. The molecule has 0 spiro atoms. The average Bonchev–Trinajstić information content (AvgIpc) is 2.49. The molecule has 0 unspecified atom stereocenters. The molecule has 0 aromatic rings. The Hall–Kier alpha value is -1.82. The summed E-state index contributed by atoms with van der Waals surface area (Å²) in [4.78, 5) is 22.3. The SMILES string of the molecule is C=CCCCCCOC(=O)NCCOCCOC(=O)C(=C)C. The van der Waals surface area contributed by atoms with Gasteiger partial charge in [0.15, 0.2) is 0 Å². The number of hydrogen-bond acceptors (Lipinski definition) is 5. The number of rotatable bonds is 13. The maximum atomic E-state index is 11.3. The van der Waals surface area contributed by atoms with Crippen molar-refractivity contribution >= 4 is 12.1 Å². The Bertz CT molecular complexity index is 354. The molecule has 0 aromatic carbocycles. The number of ether oxygens (including phenoxy) is 3. The molecular weight excluding hydrogens is 286 g/mol. The molecule has 0 saturated heterocycles. The molecule has 0 aromatic heterocycles. The number of nitrogens with one attached hydrogen (secondary N) is 1. The summed E-state index contributed by atoms with van der Waals surface area (Å²) in [5.74, 6) is -0.432. The molecule has 126 valence electrons. The van der Waals surface area contributed by atoms with Gasteiger partial charge in [-0.05, 0) is 32.6 Å². The van der Waals surface area contributed by atoms with Gasteiger partial charge in [0.1, 0.15) is 6.61 Å². The third-order valence-corrected chi connectivity index (χ3v) is 2.61. The lowest BCUT2D eigenvalue weighted by atomic mass is 10.2. The molecule has 0 rings (SSSR count). The van der Waals surface area contributed by atoms with Crippen LogP contribution in [0.25, 0.3) is 0 Å². The molecule has 1 N–H and O–H groups in total. The van der Waals surface area contributed by atoms with Crippen LogP contribution in [0.1, 0.15) is 32.6 Å². The average molecular weight is 313 g/mol. The van der Waals surface area contributed by atoms with Crippen molar-refractivity contribution in [1.82, 2.24) is 5.32 Å². The highest BCUT2D eigenvalue weighted by molar-refractivity contribution is 5.86. The van der Waals surface area contributed by atoms with Crippen LogP contribution in [0.4, 0.5) is 4.79 Å². The molecule has 0 radical (unpaired) electrons. The van der Waals surface area contributed by atoms with E-state index >= 15 is 0 Å². The third-order valence-electron chi connectivity index (χ3n) is 2.61. The zero-order valence-electron chi connectivity index (χ0n) is 13.4. The maximum Gasteiger partial charge on any atom is 0.407 e. The van der Waals surface area contributed by atoms with Crippen molar-refractivity contribution in [2.24, 2.45) is 0 Å². The van der Waals surface area contributed by atoms with E-state index < -0.39 is 12.1 Å². The van der Waals surface area contributed by atoms with Gasteiger partial charge in [-0.2, -0.15) is 0 Å². The van der Waals surface area contributed by atoms with E-state index in [4.69, 9.17) is 14.2 Å². The molecule has 0 atom stereocenters. The summed E-state index contributed by atoms with van der Waals surface area (Å²) < 4.78 is 15.0. The van der Waals surface area contributed by atoms with E-state index in [2.05, 4.69) is 18.5 Å². The van der Waals surface area contributed by atoms with Gasteiger partial charge in [-0.1, -0.05) is 12.7 Å². The summed E-state index contributed by atoms with van der Waals surface area (Å²) in [5.41, 5.74) is 0.355. The molecule has 0 aliphatic carbocycles. The van der Waals surface area contributed by atoms with Gasteiger partial charge in [0.05, 0.1) is 19.8 Å². The molecule has 0 heterocycles. The van der Waals surface area contributed by atoms with Crippen molar-refractivity contribution in [3.05, 3.63) is 24.8 Å². The Balaban J connectivity index is 3.30. The number of hydrogen-bond donors (Lipinski definition) is 1. The van der Waals surface area contributed by atoms with Crippen LogP contribution in [0.15, 0.2) is 24.8 Å². The van der Waals surface area contributed by atoms with Crippen LogP contribution in [0, 0.1) is 0 Å². The first kappa shape index (κ1) is 20.2. The highest BCUT2D eigenvalue weighted by Gasteiger charge is 2.03. The van der Waals surface area contributed by atoms with E-state index in [0.717, 1.165) is 25.7 Å². The van der Waals surface area contributed by atoms with Crippen molar-refractivity contribution in [1.29, 1.82) is 0 Å². The summed E-state index contributed by atoms with van der Waals surface area (Å²) in [7, 11) is 0. The van der Waals surface area contributed by atoms with Crippen molar-refractivity contribution in [2.75, 3.05) is 33.0 Å². The van der Waals surface area contributed by atoms with Gasteiger partial charge in [0, 0.05) is 12.1 Å². The second-order valence-electron chi connectivity index (χ2n) is 4.73. The van der Waals surface area contributed by atoms with Gasteiger partial charge >= 0.3 is 12.1 Å². The molecule has 0 fully saturated rings. The maximum absolute atomic E-state index is 11.3.